The molecule has 0 atom stereocenters. The Bertz CT molecular complexity index is 1090. The second-order valence-electron chi connectivity index (χ2n) is 6.14. The number of aromatic amines is 1. The molecule has 0 spiro atoms. The van der Waals surface area contributed by atoms with Crippen molar-refractivity contribution in [2.75, 3.05) is 13.7 Å². The molecule has 2 aromatic carbocycles. The fourth-order valence-corrected chi connectivity index (χ4v) is 3.57. The molecule has 0 amide bonds. The highest BCUT2D eigenvalue weighted by Gasteiger charge is 2.20. The van der Waals surface area contributed by atoms with Gasteiger partial charge in [0.15, 0.2) is 5.78 Å². The summed E-state index contributed by atoms with van der Waals surface area (Å²) in [4.78, 5) is 25.1. The van der Waals surface area contributed by atoms with Gasteiger partial charge in [-0.1, -0.05) is 23.2 Å². The van der Waals surface area contributed by atoms with Gasteiger partial charge in [0.25, 0.3) is 5.56 Å². The van der Waals surface area contributed by atoms with Crippen LogP contribution in [0.4, 0.5) is 0 Å². The number of ketones is 1. The number of carbonyl (C=O) groups is 1. The van der Waals surface area contributed by atoms with Crippen molar-refractivity contribution in [3.8, 4) is 11.5 Å². The standard InChI is InChI=1S/C21H18Cl2N2O4/c1-3-29-15-10-16(22)19(17(23)11-15)20(26)12-4-5-18(28-2)14(8-12)9-13-6-7-24-25-21(13)27/h4-8,10-11H,3,9H2,1-2H3,(H,25,27). The molecule has 0 bridgehead atoms. The van der Waals surface area contributed by atoms with Gasteiger partial charge in [0.05, 0.1) is 29.3 Å². The highest BCUT2D eigenvalue weighted by molar-refractivity contribution is 6.41. The largest absolute Gasteiger partial charge is 0.496 e. The number of methoxy groups -OCH3 is 1. The second kappa shape index (κ2) is 9.11. The van der Waals surface area contributed by atoms with Crippen LogP contribution in [0.15, 0.2) is 47.4 Å². The van der Waals surface area contributed by atoms with Crippen LogP contribution >= 0.6 is 23.2 Å². The Morgan fingerprint density at radius 2 is 1.83 bits per heavy atom. The molecule has 3 rings (SSSR count). The van der Waals surface area contributed by atoms with Crippen LogP contribution in [0.1, 0.15) is 34.0 Å². The summed E-state index contributed by atoms with van der Waals surface area (Å²) in [6.07, 6.45) is 1.77. The number of benzene rings is 2. The fourth-order valence-electron chi connectivity index (χ4n) is 2.93. The van der Waals surface area contributed by atoms with E-state index in [0.717, 1.165) is 0 Å². The molecule has 29 heavy (non-hydrogen) atoms. The Morgan fingerprint density at radius 1 is 1.10 bits per heavy atom. The van der Waals surface area contributed by atoms with Crippen LogP contribution in [-0.2, 0) is 6.42 Å². The monoisotopic (exact) mass is 432 g/mol. The first-order chi connectivity index (χ1) is 13.9. The molecule has 0 radical (unpaired) electrons. The normalized spacial score (nSPS) is 10.6. The van der Waals surface area contributed by atoms with Gasteiger partial charge in [0.2, 0.25) is 0 Å². The Kier molecular flexibility index (Phi) is 6.56. The van der Waals surface area contributed by atoms with Gasteiger partial charge in [-0.3, -0.25) is 9.59 Å². The van der Waals surface area contributed by atoms with Gasteiger partial charge in [-0.15, -0.1) is 0 Å². The zero-order valence-electron chi connectivity index (χ0n) is 15.8. The summed E-state index contributed by atoms with van der Waals surface area (Å²) >= 11 is 12.6. The van der Waals surface area contributed by atoms with Crippen molar-refractivity contribution in [3.05, 3.63) is 85.2 Å². The number of H-pyrrole nitrogens is 1. The molecule has 0 saturated carbocycles. The molecule has 1 heterocycles. The first-order valence-electron chi connectivity index (χ1n) is 8.80. The highest BCUT2D eigenvalue weighted by atomic mass is 35.5. The van der Waals surface area contributed by atoms with E-state index < -0.39 is 0 Å². The van der Waals surface area contributed by atoms with Crippen LogP contribution in [0.2, 0.25) is 10.0 Å². The number of nitrogens with one attached hydrogen (secondary N) is 1. The zero-order valence-corrected chi connectivity index (χ0v) is 17.3. The lowest BCUT2D eigenvalue weighted by atomic mass is 9.97. The van der Waals surface area contributed by atoms with Gasteiger partial charge < -0.3 is 9.47 Å². The van der Waals surface area contributed by atoms with Crippen LogP contribution in [0.3, 0.4) is 0 Å². The molecular formula is C21H18Cl2N2O4. The molecule has 0 fully saturated rings. The van der Waals surface area contributed by atoms with Crippen LogP contribution in [0.5, 0.6) is 11.5 Å². The maximum absolute atomic E-state index is 13.1. The minimum atomic E-state index is -0.337. The van der Waals surface area contributed by atoms with E-state index in [1.165, 1.54) is 13.3 Å². The van der Waals surface area contributed by atoms with Crippen molar-refractivity contribution in [2.24, 2.45) is 0 Å². The molecule has 0 aliphatic rings. The number of ether oxygens (including phenoxy) is 2. The van der Waals surface area contributed by atoms with Crippen molar-refractivity contribution in [1.82, 2.24) is 10.2 Å². The third-order valence-electron chi connectivity index (χ3n) is 4.29. The van der Waals surface area contributed by atoms with E-state index >= 15 is 0 Å². The third-order valence-corrected chi connectivity index (χ3v) is 4.88. The van der Waals surface area contributed by atoms with Crippen molar-refractivity contribution < 1.29 is 14.3 Å². The summed E-state index contributed by atoms with van der Waals surface area (Å²) in [5.74, 6) is 0.712. The molecule has 1 N–H and O–H groups in total. The Morgan fingerprint density at radius 3 is 2.45 bits per heavy atom. The molecule has 0 unspecified atom stereocenters. The smallest absolute Gasteiger partial charge is 0.267 e. The zero-order chi connectivity index (χ0) is 21.0. The average molecular weight is 433 g/mol. The SMILES string of the molecule is CCOc1cc(Cl)c(C(=O)c2ccc(OC)c(Cc3ccn[nH]c3=O)c2)c(Cl)c1. The van der Waals surface area contributed by atoms with Crippen molar-refractivity contribution in [1.29, 1.82) is 0 Å². The highest BCUT2D eigenvalue weighted by Crippen LogP contribution is 2.33. The van der Waals surface area contributed by atoms with Crippen molar-refractivity contribution in [3.63, 3.8) is 0 Å². The van der Waals surface area contributed by atoms with Gasteiger partial charge in [-0.2, -0.15) is 5.10 Å². The number of hydrogen-bond acceptors (Lipinski definition) is 5. The van der Waals surface area contributed by atoms with E-state index in [4.69, 9.17) is 32.7 Å². The van der Waals surface area contributed by atoms with Crippen LogP contribution in [0.25, 0.3) is 0 Å². The Balaban J connectivity index is 2.00. The predicted molar refractivity (Wildman–Crippen MR) is 112 cm³/mol. The lowest BCUT2D eigenvalue weighted by Gasteiger charge is -2.13. The van der Waals surface area contributed by atoms with Gasteiger partial charge in [0.1, 0.15) is 11.5 Å². The minimum Gasteiger partial charge on any atom is -0.496 e. The van der Waals surface area contributed by atoms with Gasteiger partial charge in [-0.05, 0) is 48.9 Å². The molecule has 0 aliphatic carbocycles. The summed E-state index contributed by atoms with van der Waals surface area (Å²) in [7, 11) is 1.53. The van der Waals surface area contributed by atoms with Gasteiger partial charge in [0, 0.05) is 23.7 Å². The quantitative estimate of drug-likeness (QED) is 0.562. The molecular weight excluding hydrogens is 415 g/mol. The fraction of sp³-hybridized carbons (Fsp3) is 0.190. The molecule has 8 heteroatoms. The number of aromatic nitrogens is 2. The second-order valence-corrected chi connectivity index (χ2v) is 6.95. The lowest BCUT2D eigenvalue weighted by Crippen LogP contribution is -2.14. The van der Waals surface area contributed by atoms with E-state index in [1.807, 2.05) is 6.92 Å². The average Bonchev–Trinajstić information content (AvgIpc) is 2.69. The molecule has 6 nitrogen and oxygen atoms in total. The molecule has 150 valence electrons. The number of nitrogens with zero attached hydrogens (tertiary/aromatic N) is 1. The summed E-state index contributed by atoms with van der Waals surface area (Å²) in [6.45, 7) is 2.30. The molecule has 1 aromatic heterocycles. The topological polar surface area (TPSA) is 81.3 Å². The van der Waals surface area contributed by atoms with E-state index in [0.29, 0.717) is 34.8 Å². The van der Waals surface area contributed by atoms with Crippen LogP contribution in [-0.4, -0.2) is 29.7 Å². The van der Waals surface area contributed by atoms with Gasteiger partial charge in [-0.25, -0.2) is 5.10 Å². The number of carbonyl (C=O) groups excluding carboxylic acids is 1. The molecule has 0 aliphatic heterocycles. The Labute approximate surface area is 177 Å². The summed E-state index contributed by atoms with van der Waals surface area (Å²) < 4.78 is 10.8. The predicted octanol–water partition coefficient (Wildman–Crippen LogP) is 4.31. The van der Waals surface area contributed by atoms with Crippen LogP contribution in [0, 0.1) is 0 Å². The van der Waals surface area contributed by atoms with E-state index in [1.54, 1.807) is 36.4 Å². The number of hydrogen-bond donors (Lipinski definition) is 1. The lowest BCUT2D eigenvalue weighted by molar-refractivity contribution is 0.103. The third kappa shape index (κ3) is 4.60. The first kappa shape index (κ1) is 20.9. The van der Waals surface area contributed by atoms with E-state index in [2.05, 4.69) is 10.2 Å². The summed E-state index contributed by atoms with van der Waals surface area (Å²) in [5.41, 5.74) is 1.44. The van der Waals surface area contributed by atoms with Gasteiger partial charge >= 0.3 is 0 Å². The minimum absolute atomic E-state index is 0.190. The Hall–Kier alpha value is -2.83. The van der Waals surface area contributed by atoms with Crippen molar-refractivity contribution >= 4 is 29.0 Å². The van der Waals surface area contributed by atoms with Crippen molar-refractivity contribution in [2.45, 2.75) is 13.3 Å². The van der Waals surface area contributed by atoms with E-state index in [9.17, 15) is 9.59 Å². The summed E-state index contributed by atoms with van der Waals surface area (Å²) in [5, 5.41) is 6.49. The molecule has 0 saturated heterocycles. The van der Waals surface area contributed by atoms with Crippen LogP contribution < -0.4 is 15.0 Å². The maximum atomic E-state index is 13.1. The summed E-state index contributed by atoms with van der Waals surface area (Å²) in [6, 6.07) is 9.71. The number of rotatable bonds is 7. The molecule has 3 aromatic rings. The first-order valence-corrected chi connectivity index (χ1v) is 9.56. The maximum Gasteiger partial charge on any atom is 0.267 e. The number of halogens is 2. The van der Waals surface area contributed by atoms with E-state index in [-0.39, 0.29) is 33.4 Å².